The van der Waals surface area contributed by atoms with Crippen molar-refractivity contribution in [1.29, 1.82) is 0 Å². The van der Waals surface area contributed by atoms with Crippen LogP contribution in [0.4, 0.5) is 5.00 Å². The van der Waals surface area contributed by atoms with E-state index >= 15 is 0 Å². The number of nitrogens with one attached hydrogen (secondary N) is 2. The fourth-order valence-corrected chi connectivity index (χ4v) is 6.36. The molecule has 0 radical (unpaired) electrons. The molecule has 0 saturated heterocycles. The summed E-state index contributed by atoms with van der Waals surface area (Å²) in [6, 6.07) is 20.7. The topological polar surface area (TPSA) is 67.4 Å². The van der Waals surface area contributed by atoms with Crippen LogP contribution in [0.3, 0.4) is 0 Å². The Labute approximate surface area is 201 Å². The maximum Gasteiger partial charge on any atom is 0.344 e. The molecule has 34 heavy (non-hydrogen) atoms. The minimum Gasteiger partial charge on any atom is -0.423 e. The summed E-state index contributed by atoms with van der Waals surface area (Å²) in [5.41, 5.74) is 3.48. The van der Waals surface area contributed by atoms with Gasteiger partial charge in [0.25, 0.3) is 5.91 Å². The van der Waals surface area contributed by atoms with Gasteiger partial charge in [0.2, 0.25) is 0 Å². The average Bonchev–Trinajstić information content (AvgIpc) is 3.22. The number of carbonyl (C=O) groups is 2. The van der Waals surface area contributed by atoms with Crippen molar-refractivity contribution in [2.45, 2.75) is 32.4 Å². The molecule has 5 nitrogen and oxygen atoms in total. The highest BCUT2D eigenvalue weighted by molar-refractivity contribution is 7.16. The van der Waals surface area contributed by atoms with Crippen LogP contribution in [0, 0.1) is 5.92 Å². The number of benzene rings is 3. The van der Waals surface area contributed by atoms with Crippen LogP contribution >= 0.6 is 11.3 Å². The third-order valence-corrected chi connectivity index (χ3v) is 7.91. The number of thiophene rings is 1. The van der Waals surface area contributed by atoms with Gasteiger partial charge in [-0.15, -0.1) is 11.3 Å². The summed E-state index contributed by atoms with van der Waals surface area (Å²) in [5, 5.41) is 9.41. The molecular formula is C28H24N2O3S. The first-order chi connectivity index (χ1) is 16.6. The van der Waals surface area contributed by atoms with Crippen molar-refractivity contribution in [3.05, 3.63) is 93.9 Å². The molecule has 2 N–H and O–H groups in total. The van der Waals surface area contributed by atoms with E-state index in [1.165, 1.54) is 10.4 Å². The molecule has 0 unspecified atom stereocenters. The van der Waals surface area contributed by atoms with Crippen LogP contribution in [0.5, 0.6) is 5.75 Å². The van der Waals surface area contributed by atoms with E-state index in [2.05, 4.69) is 17.6 Å². The minimum atomic E-state index is -0.392. The Balaban J connectivity index is 1.20. The third kappa shape index (κ3) is 3.64. The lowest BCUT2D eigenvalue weighted by atomic mass is 9.88. The SMILES string of the molecule is C[C@@H]1CCc2c(sc3c2C(=O)N[C@H](c2ccc(OC(=O)c4cccc5ccccc45)cc2)N3)C1. The number of ether oxygens (including phenoxy) is 1. The molecule has 1 aliphatic carbocycles. The van der Waals surface area contributed by atoms with Gasteiger partial charge in [-0.3, -0.25) is 4.79 Å². The van der Waals surface area contributed by atoms with E-state index in [1.54, 1.807) is 29.5 Å². The fraction of sp³-hybridized carbons (Fsp3) is 0.214. The highest BCUT2D eigenvalue weighted by Crippen LogP contribution is 2.42. The van der Waals surface area contributed by atoms with Crippen molar-refractivity contribution < 1.29 is 14.3 Å². The fourth-order valence-electron chi connectivity index (χ4n) is 4.92. The molecule has 0 bridgehead atoms. The van der Waals surface area contributed by atoms with Gasteiger partial charge >= 0.3 is 5.97 Å². The Morgan fingerprint density at radius 1 is 1.00 bits per heavy atom. The zero-order valence-electron chi connectivity index (χ0n) is 18.8. The van der Waals surface area contributed by atoms with Crippen LogP contribution in [0.2, 0.25) is 0 Å². The molecule has 0 saturated carbocycles. The summed E-state index contributed by atoms with van der Waals surface area (Å²) in [6.07, 6.45) is 2.83. The smallest absolute Gasteiger partial charge is 0.344 e. The standard InChI is InChI=1S/C28H24N2O3S/c1-16-9-14-22-23(15-16)34-27-24(22)26(31)29-25(30-27)18-10-12-19(13-11-18)33-28(32)21-8-4-6-17-5-2-3-7-20(17)21/h2-8,10-13,16,25,30H,9,14-15H2,1H3,(H,29,31)/t16-,25+/m1/s1. The molecule has 4 aromatic rings. The number of fused-ring (bicyclic) bond motifs is 4. The van der Waals surface area contributed by atoms with Crippen molar-refractivity contribution in [3.8, 4) is 5.75 Å². The molecule has 0 spiro atoms. The molecule has 3 aromatic carbocycles. The largest absolute Gasteiger partial charge is 0.423 e. The first-order valence-electron chi connectivity index (χ1n) is 11.6. The van der Waals surface area contributed by atoms with Crippen molar-refractivity contribution >= 4 is 39.0 Å². The van der Waals surface area contributed by atoms with E-state index in [4.69, 9.17) is 4.74 Å². The summed E-state index contributed by atoms with van der Waals surface area (Å²) in [5.74, 6) is 0.717. The van der Waals surface area contributed by atoms with Crippen molar-refractivity contribution in [2.75, 3.05) is 5.32 Å². The van der Waals surface area contributed by atoms with Crippen molar-refractivity contribution in [1.82, 2.24) is 5.32 Å². The second-order valence-electron chi connectivity index (χ2n) is 9.09. The lowest BCUT2D eigenvalue weighted by Crippen LogP contribution is -2.38. The lowest BCUT2D eigenvalue weighted by Gasteiger charge is -2.27. The van der Waals surface area contributed by atoms with Crippen LogP contribution in [-0.4, -0.2) is 11.9 Å². The van der Waals surface area contributed by atoms with Gasteiger partial charge in [0.15, 0.2) is 0 Å². The number of esters is 1. The highest BCUT2D eigenvalue weighted by Gasteiger charge is 2.33. The first-order valence-corrected chi connectivity index (χ1v) is 12.4. The summed E-state index contributed by atoms with van der Waals surface area (Å²) in [4.78, 5) is 27.1. The molecule has 2 aliphatic rings. The van der Waals surface area contributed by atoms with Crippen LogP contribution in [-0.2, 0) is 12.8 Å². The Morgan fingerprint density at radius 2 is 1.79 bits per heavy atom. The summed E-state index contributed by atoms with van der Waals surface area (Å²) in [6.45, 7) is 2.27. The Kier molecular flexibility index (Phi) is 5.11. The van der Waals surface area contributed by atoms with E-state index in [1.807, 2.05) is 48.5 Å². The van der Waals surface area contributed by atoms with Gasteiger partial charge < -0.3 is 15.4 Å². The number of hydrogen-bond acceptors (Lipinski definition) is 5. The maximum atomic E-state index is 12.9. The summed E-state index contributed by atoms with van der Waals surface area (Å²) in [7, 11) is 0. The van der Waals surface area contributed by atoms with E-state index in [0.29, 0.717) is 17.2 Å². The Hall–Kier alpha value is -3.64. The molecular weight excluding hydrogens is 444 g/mol. The molecule has 6 rings (SSSR count). The second kappa shape index (κ2) is 8.29. The molecule has 1 aliphatic heterocycles. The van der Waals surface area contributed by atoms with E-state index in [0.717, 1.165) is 46.2 Å². The monoisotopic (exact) mass is 468 g/mol. The van der Waals surface area contributed by atoms with E-state index in [-0.39, 0.29) is 12.1 Å². The normalized spacial score (nSPS) is 19.0. The van der Waals surface area contributed by atoms with Gasteiger partial charge in [-0.2, -0.15) is 0 Å². The molecule has 2 heterocycles. The second-order valence-corrected chi connectivity index (χ2v) is 10.2. The predicted molar refractivity (Wildman–Crippen MR) is 135 cm³/mol. The van der Waals surface area contributed by atoms with Crippen molar-refractivity contribution in [2.24, 2.45) is 5.92 Å². The van der Waals surface area contributed by atoms with Gasteiger partial charge in [-0.25, -0.2) is 4.79 Å². The quantitative estimate of drug-likeness (QED) is 0.282. The van der Waals surface area contributed by atoms with Crippen LogP contribution < -0.4 is 15.4 Å². The number of hydrogen-bond donors (Lipinski definition) is 2. The van der Waals surface area contributed by atoms with Gasteiger partial charge in [0.05, 0.1) is 11.1 Å². The van der Waals surface area contributed by atoms with Crippen molar-refractivity contribution in [3.63, 3.8) is 0 Å². The third-order valence-electron chi connectivity index (χ3n) is 6.72. The molecule has 1 aromatic heterocycles. The maximum absolute atomic E-state index is 12.9. The van der Waals surface area contributed by atoms with Crippen LogP contribution in [0.1, 0.15) is 56.2 Å². The first kappa shape index (κ1) is 20.9. The predicted octanol–water partition coefficient (Wildman–Crippen LogP) is 6.10. The summed E-state index contributed by atoms with van der Waals surface area (Å²) < 4.78 is 5.65. The Morgan fingerprint density at radius 3 is 2.65 bits per heavy atom. The van der Waals surface area contributed by atoms with E-state index < -0.39 is 5.97 Å². The molecule has 1 amide bonds. The number of anilines is 1. The number of carbonyl (C=O) groups excluding carboxylic acids is 2. The molecule has 2 atom stereocenters. The van der Waals surface area contributed by atoms with Gasteiger partial charge in [-0.1, -0.05) is 55.5 Å². The Bertz CT molecular complexity index is 1420. The number of amides is 1. The van der Waals surface area contributed by atoms with Gasteiger partial charge in [0.1, 0.15) is 16.9 Å². The van der Waals surface area contributed by atoms with Gasteiger partial charge in [-0.05, 0) is 65.3 Å². The van der Waals surface area contributed by atoms with Gasteiger partial charge in [0, 0.05) is 4.88 Å². The highest BCUT2D eigenvalue weighted by atomic mass is 32.1. The van der Waals surface area contributed by atoms with E-state index in [9.17, 15) is 9.59 Å². The molecule has 0 fully saturated rings. The lowest BCUT2D eigenvalue weighted by molar-refractivity contribution is 0.0736. The number of rotatable bonds is 3. The minimum absolute atomic E-state index is 0.0164. The summed E-state index contributed by atoms with van der Waals surface area (Å²) >= 11 is 1.71. The molecule has 6 heteroatoms. The van der Waals surface area contributed by atoms with Crippen LogP contribution in [0.25, 0.3) is 10.8 Å². The van der Waals surface area contributed by atoms with Crippen LogP contribution in [0.15, 0.2) is 66.7 Å². The zero-order chi connectivity index (χ0) is 23.2. The molecule has 170 valence electrons. The zero-order valence-corrected chi connectivity index (χ0v) is 19.6. The average molecular weight is 469 g/mol.